The Hall–Kier alpha value is -3.17. The molecule has 1 aliphatic rings. The second-order valence-electron chi connectivity index (χ2n) is 7.47. The van der Waals surface area contributed by atoms with Gasteiger partial charge in [0.05, 0.1) is 18.4 Å². The summed E-state index contributed by atoms with van der Waals surface area (Å²) >= 11 is 0. The standard InChI is InChI=1S/C23H21F2NO5S/c1-13-6-9-19-20(21(13)31-23(24)25)17-8-7-14(12-32(26,27)28)10-18(17)22(30-19)15-4-3-5-16(11-15)29-2/h3-11,22-23H,12H2,1-2H3,(H2,26,27,28). The van der Waals surface area contributed by atoms with Gasteiger partial charge in [0, 0.05) is 11.1 Å². The third-order valence-electron chi connectivity index (χ3n) is 5.20. The highest BCUT2D eigenvalue weighted by molar-refractivity contribution is 7.88. The number of primary sulfonamides is 1. The van der Waals surface area contributed by atoms with Crippen LogP contribution in [0.3, 0.4) is 0 Å². The molecule has 0 fully saturated rings. The minimum absolute atomic E-state index is 0.0158. The van der Waals surface area contributed by atoms with E-state index in [1.165, 1.54) is 0 Å². The molecular weight excluding hydrogens is 440 g/mol. The number of hydrogen-bond donors (Lipinski definition) is 1. The van der Waals surface area contributed by atoms with Crippen molar-refractivity contribution in [2.45, 2.75) is 25.4 Å². The van der Waals surface area contributed by atoms with Crippen LogP contribution in [-0.4, -0.2) is 22.1 Å². The fourth-order valence-corrected chi connectivity index (χ4v) is 4.53. The first-order chi connectivity index (χ1) is 15.2. The average molecular weight is 461 g/mol. The number of fused-ring (bicyclic) bond motifs is 3. The van der Waals surface area contributed by atoms with E-state index in [4.69, 9.17) is 19.3 Å². The number of methoxy groups -OCH3 is 1. The molecule has 1 aliphatic heterocycles. The van der Waals surface area contributed by atoms with Crippen LogP contribution in [0.5, 0.6) is 17.2 Å². The Kier molecular flexibility index (Phi) is 5.79. The van der Waals surface area contributed by atoms with Crippen LogP contribution in [0.4, 0.5) is 8.78 Å². The molecule has 0 bridgehead atoms. The summed E-state index contributed by atoms with van der Waals surface area (Å²) in [5, 5.41) is 5.22. The SMILES string of the molecule is COc1cccc(C2Oc3ccc(C)c(OC(F)F)c3-c3ccc(CS(N)(=O)=O)cc32)c1. The van der Waals surface area contributed by atoms with E-state index in [9.17, 15) is 17.2 Å². The molecule has 168 valence electrons. The first-order valence-electron chi connectivity index (χ1n) is 9.69. The monoisotopic (exact) mass is 461 g/mol. The van der Waals surface area contributed by atoms with Crippen LogP contribution in [0.15, 0.2) is 54.6 Å². The summed E-state index contributed by atoms with van der Waals surface area (Å²) < 4.78 is 66.0. The molecule has 0 radical (unpaired) electrons. The summed E-state index contributed by atoms with van der Waals surface area (Å²) in [6.07, 6.45) is -0.630. The van der Waals surface area contributed by atoms with Gasteiger partial charge in [-0.2, -0.15) is 8.78 Å². The zero-order valence-electron chi connectivity index (χ0n) is 17.3. The lowest BCUT2D eigenvalue weighted by Crippen LogP contribution is -2.19. The van der Waals surface area contributed by atoms with Gasteiger partial charge in [0.2, 0.25) is 10.0 Å². The third-order valence-corrected chi connectivity index (χ3v) is 5.94. The van der Waals surface area contributed by atoms with Crippen molar-refractivity contribution in [1.82, 2.24) is 0 Å². The summed E-state index contributed by atoms with van der Waals surface area (Å²) in [6.45, 7) is -1.34. The van der Waals surface area contributed by atoms with Gasteiger partial charge in [0.1, 0.15) is 23.4 Å². The van der Waals surface area contributed by atoms with Crippen molar-refractivity contribution in [1.29, 1.82) is 0 Å². The maximum atomic E-state index is 13.2. The highest BCUT2D eigenvalue weighted by Gasteiger charge is 2.32. The topological polar surface area (TPSA) is 87.8 Å². The first kappa shape index (κ1) is 22.0. The molecule has 3 aromatic carbocycles. The quantitative estimate of drug-likeness (QED) is 0.582. The smallest absolute Gasteiger partial charge is 0.387 e. The number of alkyl halides is 2. The minimum atomic E-state index is -3.77. The molecule has 6 nitrogen and oxygen atoms in total. The predicted molar refractivity (Wildman–Crippen MR) is 116 cm³/mol. The van der Waals surface area contributed by atoms with Gasteiger partial charge in [0.15, 0.2) is 0 Å². The largest absolute Gasteiger partial charge is 0.497 e. The summed E-state index contributed by atoms with van der Waals surface area (Å²) in [4.78, 5) is 0. The molecule has 0 spiro atoms. The van der Waals surface area contributed by atoms with Crippen molar-refractivity contribution in [3.8, 4) is 28.4 Å². The van der Waals surface area contributed by atoms with Gasteiger partial charge in [-0.15, -0.1) is 0 Å². The highest BCUT2D eigenvalue weighted by Crippen LogP contribution is 2.50. The van der Waals surface area contributed by atoms with E-state index in [1.807, 2.05) is 6.07 Å². The lowest BCUT2D eigenvalue weighted by atomic mass is 9.87. The summed E-state index contributed by atoms with van der Waals surface area (Å²) in [7, 11) is -2.23. The van der Waals surface area contributed by atoms with Gasteiger partial charge in [-0.1, -0.05) is 36.4 Å². The first-order valence-corrected chi connectivity index (χ1v) is 11.4. The molecular formula is C23H21F2NO5S. The Labute approximate surface area is 184 Å². The van der Waals surface area contributed by atoms with E-state index in [-0.39, 0.29) is 11.5 Å². The molecule has 4 rings (SSSR count). The highest BCUT2D eigenvalue weighted by atomic mass is 32.2. The molecule has 9 heteroatoms. The number of benzene rings is 3. The van der Waals surface area contributed by atoms with Crippen molar-refractivity contribution >= 4 is 10.0 Å². The van der Waals surface area contributed by atoms with Crippen LogP contribution in [0.2, 0.25) is 0 Å². The number of rotatable bonds is 6. The lowest BCUT2D eigenvalue weighted by molar-refractivity contribution is -0.0500. The van der Waals surface area contributed by atoms with Crippen LogP contribution in [0.25, 0.3) is 11.1 Å². The van der Waals surface area contributed by atoms with Crippen LogP contribution in [0, 0.1) is 6.92 Å². The second kappa shape index (κ2) is 8.40. The third kappa shape index (κ3) is 4.39. The van der Waals surface area contributed by atoms with Crippen LogP contribution >= 0.6 is 0 Å². The Morgan fingerprint density at radius 3 is 2.59 bits per heavy atom. The second-order valence-corrected chi connectivity index (χ2v) is 9.08. The molecule has 2 N–H and O–H groups in total. The molecule has 1 heterocycles. The van der Waals surface area contributed by atoms with E-state index in [1.54, 1.807) is 62.6 Å². The van der Waals surface area contributed by atoms with E-state index >= 15 is 0 Å². The van der Waals surface area contributed by atoms with Crippen molar-refractivity contribution < 1.29 is 31.4 Å². The Morgan fingerprint density at radius 1 is 1.12 bits per heavy atom. The van der Waals surface area contributed by atoms with E-state index in [2.05, 4.69) is 0 Å². The fraction of sp³-hybridized carbons (Fsp3) is 0.217. The Balaban J connectivity index is 1.94. The summed E-state index contributed by atoms with van der Waals surface area (Å²) in [6, 6.07) is 15.6. The maximum Gasteiger partial charge on any atom is 0.387 e. The number of halogens is 2. The van der Waals surface area contributed by atoms with Gasteiger partial charge in [0.25, 0.3) is 0 Å². The van der Waals surface area contributed by atoms with Crippen molar-refractivity contribution in [2.24, 2.45) is 5.14 Å². The zero-order chi connectivity index (χ0) is 23.0. The Morgan fingerprint density at radius 2 is 1.91 bits per heavy atom. The minimum Gasteiger partial charge on any atom is -0.497 e. The number of ether oxygens (including phenoxy) is 3. The van der Waals surface area contributed by atoms with Crippen LogP contribution < -0.4 is 19.3 Å². The fourth-order valence-electron chi connectivity index (χ4n) is 3.88. The van der Waals surface area contributed by atoms with E-state index < -0.39 is 22.7 Å². The number of aryl methyl sites for hydroxylation is 1. The van der Waals surface area contributed by atoms with Gasteiger partial charge in [-0.05, 0) is 41.8 Å². The van der Waals surface area contributed by atoms with Gasteiger partial charge in [-0.25, -0.2) is 13.6 Å². The lowest BCUT2D eigenvalue weighted by Gasteiger charge is -2.31. The number of hydrogen-bond acceptors (Lipinski definition) is 5. The molecule has 1 atom stereocenters. The summed E-state index contributed by atoms with van der Waals surface area (Å²) in [5.74, 6) is 0.643. The van der Waals surface area contributed by atoms with Crippen molar-refractivity contribution in [3.05, 3.63) is 76.9 Å². The van der Waals surface area contributed by atoms with Crippen molar-refractivity contribution in [2.75, 3.05) is 7.11 Å². The molecule has 1 unspecified atom stereocenters. The maximum absolute atomic E-state index is 13.2. The molecule has 0 aromatic heterocycles. The van der Waals surface area contributed by atoms with Crippen LogP contribution in [0.1, 0.15) is 28.4 Å². The molecule has 3 aromatic rings. The zero-order valence-corrected chi connectivity index (χ0v) is 18.2. The Bertz CT molecular complexity index is 1280. The molecule has 0 saturated carbocycles. The average Bonchev–Trinajstić information content (AvgIpc) is 2.73. The van der Waals surface area contributed by atoms with E-state index in [0.29, 0.717) is 39.3 Å². The van der Waals surface area contributed by atoms with Gasteiger partial charge >= 0.3 is 6.61 Å². The van der Waals surface area contributed by atoms with Gasteiger partial charge < -0.3 is 14.2 Å². The van der Waals surface area contributed by atoms with E-state index in [0.717, 1.165) is 5.56 Å². The number of sulfonamides is 1. The van der Waals surface area contributed by atoms with Crippen LogP contribution in [-0.2, 0) is 15.8 Å². The molecule has 32 heavy (non-hydrogen) atoms. The predicted octanol–water partition coefficient (Wildman–Crippen LogP) is 4.54. The van der Waals surface area contributed by atoms with Gasteiger partial charge in [-0.3, -0.25) is 0 Å². The molecule has 0 amide bonds. The number of nitrogens with two attached hydrogens (primary N) is 1. The normalized spacial score (nSPS) is 15.0. The van der Waals surface area contributed by atoms with Crippen molar-refractivity contribution in [3.63, 3.8) is 0 Å². The summed E-state index contributed by atoms with van der Waals surface area (Å²) in [5.41, 5.74) is 3.33. The molecule has 0 saturated heterocycles. The molecule has 0 aliphatic carbocycles.